The number of hydrogen-bond acceptors (Lipinski definition) is 6. The zero-order chi connectivity index (χ0) is 41.0. The molecule has 7 aliphatic rings. The van der Waals surface area contributed by atoms with E-state index in [1.54, 1.807) is 18.2 Å². The Labute approximate surface area is 351 Å². The van der Waals surface area contributed by atoms with Gasteiger partial charge in [-0.2, -0.15) is 0 Å². The van der Waals surface area contributed by atoms with Crippen LogP contribution in [0.2, 0.25) is 5.02 Å². The van der Waals surface area contributed by atoms with Crippen LogP contribution in [0.1, 0.15) is 137 Å². The van der Waals surface area contributed by atoms with E-state index in [9.17, 15) is 24.6 Å². The van der Waals surface area contributed by atoms with E-state index in [0.29, 0.717) is 89.2 Å². The Kier molecular flexibility index (Phi) is 13.4. The quantitative estimate of drug-likeness (QED) is 0.215. The molecular formula is C49H71ClFNO6. The highest BCUT2D eigenvalue weighted by atomic mass is 35.5. The van der Waals surface area contributed by atoms with E-state index in [2.05, 4.69) is 46.5 Å². The molecule has 0 radical (unpaired) electrons. The van der Waals surface area contributed by atoms with Gasteiger partial charge in [-0.25, -0.2) is 0 Å². The molecule has 12 atom stereocenters. The maximum Gasteiger partial charge on any atom is 0.306 e. The molecule has 1 heterocycles. The number of carbonyl (C=O) groups excluding carboxylic acids is 2. The second-order valence-electron chi connectivity index (χ2n) is 20.5. The number of rotatable bonds is 10. The number of aromatic hydroxyl groups is 1. The zero-order valence-corrected chi connectivity index (χ0v) is 36.8. The molecule has 0 bridgehead atoms. The maximum atomic E-state index is 13.9. The molecule has 9 heteroatoms. The summed E-state index contributed by atoms with van der Waals surface area (Å²) in [5.74, 6) is 2.94. The van der Waals surface area contributed by atoms with Crippen molar-refractivity contribution in [1.82, 2.24) is 5.32 Å². The third-order valence-corrected chi connectivity index (χ3v) is 17.8. The van der Waals surface area contributed by atoms with E-state index in [1.165, 1.54) is 50.5 Å². The van der Waals surface area contributed by atoms with Gasteiger partial charge in [0.05, 0.1) is 5.92 Å². The number of hydrogen-bond donors (Lipinski definition) is 3. The SMILES string of the molecule is C1CCOC1.C=C(NCCC12CCC3C(CCC4C3(C)CCC3C(C)C(CC(=O)C5CC(C(=O)O)C5C)CCC34C)C1=C(C(C)C)C(=O)C2)c1ccc(Cl)cc1O.F. The molecule has 8 rings (SSSR count). The second-order valence-corrected chi connectivity index (χ2v) is 20.9. The fraction of sp³-hybridized carbons (Fsp3) is 0.735. The van der Waals surface area contributed by atoms with E-state index in [4.69, 9.17) is 16.3 Å². The largest absolute Gasteiger partial charge is 0.507 e. The van der Waals surface area contributed by atoms with Gasteiger partial charge < -0.3 is 20.3 Å². The van der Waals surface area contributed by atoms with Crippen LogP contribution in [0, 0.1) is 75.4 Å². The number of halogens is 2. The molecule has 1 aromatic carbocycles. The van der Waals surface area contributed by atoms with Gasteiger partial charge in [0.2, 0.25) is 0 Å². The van der Waals surface area contributed by atoms with Crippen molar-refractivity contribution in [2.45, 2.75) is 131 Å². The van der Waals surface area contributed by atoms with Crippen LogP contribution < -0.4 is 5.32 Å². The van der Waals surface area contributed by atoms with E-state index < -0.39 is 5.97 Å². The van der Waals surface area contributed by atoms with Gasteiger partial charge in [-0.15, -0.1) is 0 Å². The van der Waals surface area contributed by atoms with Crippen LogP contribution in [0.25, 0.3) is 5.70 Å². The third kappa shape index (κ3) is 7.84. The van der Waals surface area contributed by atoms with Gasteiger partial charge in [-0.3, -0.25) is 19.1 Å². The molecule has 7 nitrogen and oxygen atoms in total. The third-order valence-electron chi connectivity index (χ3n) is 17.5. The summed E-state index contributed by atoms with van der Waals surface area (Å²) in [6.07, 6.45) is 14.5. The predicted molar refractivity (Wildman–Crippen MR) is 229 cm³/mol. The highest BCUT2D eigenvalue weighted by molar-refractivity contribution is 6.30. The average molecular weight is 825 g/mol. The number of aliphatic carboxylic acids is 1. The molecule has 6 fully saturated rings. The average Bonchev–Trinajstić information content (AvgIpc) is 3.82. The summed E-state index contributed by atoms with van der Waals surface area (Å²) in [5.41, 5.74) is 4.33. The van der Waals surface area contributed by atoms with Crippen molar-refractivity contribution in [1.29, 1.82) is 0 Å². The standard InChI is InChI=1S/C45H62ClNO5.C4H8O.FH/c1-24(2)40-38(50)23-45(18-19-47-27(5)30-9-8-29(46)21-37(30)49)17-14-35-31(41(40)45)10-11-39-43(6)15-12-28(25(3)34(43)13-16-44(35,39)7)20-36(48)32-22-33(26(32)4)42(51)52;1-2-4-5-3-1;/h8-9,21,24-26,28,31-35,39,47,49H,5,10-20,22-23H2,1-4,6-7H3,(H,51,52);1-4H2;1H. The number of benzene rings is 1. The fourth-order valence-corrected chi connectivity index (χ4v) is 14.7. The summed E-state index contributed by atoms with van der Waals surface area (Å²) in [7, 11) is 0. The number of phenols is 1. The lowest BCUT2D eigenvalue weighted by Gasteiger charge is -2.67. The summed E-state index contributed by atoms with van der Waals surface area (Å²) < 4.78 is 4.94. The van der Waals surface area contributed by atoms with Gasteiger partial charge >= 0.3 is 5.97 Å². The van der Waals surface area contributed by atoms with Crippen molar-refractivity contribution in [3.8, 4) is 5.75 Å². The first-order chi connectivity index (χ1) is 27.0. The summed E-state index contributed by atoms with van der Waals surface area (Å²) in [4.78, 5) is 38.9. The number of ketones is 2. The molecular weight excluding hydrogens is 753 g/mol. The molecule has 1 aromatic rings. The molecule has 3 N–H and O–H groups in total. The minimum atomic E-state index is -0.756. The van der Waals surface area contributed by atoms with E-state index in [-0.39, 0.29) is 50.4 Å². The molecule has 6 aliphatic carbocycles. The molecule has 58 heavy (non-hydrogen) atoms. The Morgan fingerprint density at radius 1 is 0.966 bits per heavy atom. The van der Waals surface area contributed by atoms with Crippen LogP contribution in [0.15, 0.2) is 35.9 Å². The Morgan fingerprint density at radius 2 is 1.64 bits per heavy atom. The van der Waals surface area contributed by atoms with Crippen molar-refractivity contribution in [2.75, 3.05) is 19.8 Å². The highest BCUT2D eigenvalue weighted by Gasteiger charge is 2.64. The van der Waals surface area contributed by atoms with Gasteiger partial charge in [0.25, 0.3) is 0 Å². The molecule has 5 saturated carbocycles. The van der Waals surface area contributed by atoms with Crippen LogP contribution in [-0.2, 0) is 19.1 Å². The predicted octanol–water partition coefficient (Wildman–Crippen LogP) is 11.1. The van der Waals surface area contributed by atoms with Crippen molar-refractivity contribution in [2.24, 2.45) is 75.4 Å². The van der Waals surface area contributed by atoms with Crippen molar-refractivity contribution >= 4 is 34.8 Å². The highest BCUT2D eigenvalue weighted by Crippen LogP contribution is 2.72. The minimum Gasteiger partial charge on any atom is -0.507 e. The smallest absolute Gasteiger partial charge is 0.306 e. The first kappa shape index (κ1) is 44.8. The summed E-state index contributed by atoms with van der Waals surface area (Å²) in [6.45, 7) is 20.9. The van der Waals surface area contributed by atoms with Crippen LogP contribution in [0.4, 0.5) is 4.70 Å². The molecule has 1 saturated heterocycles. The molecule has 0 spiro atoms. The number of nitrogens with one attached hydrogen (secondary N) is 1. The van der Waals surface area contributed by atoms with Crippen LogP contribution in [0.3, 0.4) is 0 Å². The maximum absolute atomic E-state index is 13.9. The van der Waals surface area contributed by atoms with E-state index in [1.807, 2.05) is 6.92 Å². The molecule has 0 aromatic heterocycles. The number of carbonyl (C=O) groups is 3. The summed E-state index contributed by atoms with van der Waals surface area (Å²) in [5, 5.41) is 23.9. The van der Waals surface area contributed by atoms with Crippen LogP contribution in [0.5, 0.6) is 5.75 Å². The van der Waals surface area contributed by atoms with Gasteiger partial charge in [0.15, 0.2) is 5.78 Å². The van der Waals surface area contributed by atoms with Gasteiger partial charge in [-0.1, -0.05) is 65.3 Å². The van der Waals surface area contributed by atoms with E-state index in [0.717, 1.165) is 44.5 Å². The Morgan fingerprint density at radius 3 is 2.26 bits per heavy atom. The Hall–Kier alpha value is -2.71. The summed E-state index contributed by atoms with van der Waals surface area (Å²) >= 11 is 6.08. The first-order valence-corrected chi connectivity index (χ1v) is 22.9. The lowest BCUT2D eigenvalue weighted by Crippen LogP contribution is -2.60. The number of carboxylic acids is 1. The lowest BCUT2D eigenvalue weighted by atomic mass is 9.37. The molecule has 0 amide bonds. The van der Waals surface area contributed by atoms with Gasteiger partial charge in [0.1, 0.15) is 11.5 Å². The number of carboxylic acid groups (broad SMARTS) is 1. The van der Waals surface area contributed by atoms with Crippen LogP contribution >= 0.6 is 11.6 Å². The molecule has 12 unspecified atom stereocenters. The molecule has 322 valence electrons. The normalized spacial score (nSPS) is 38.8. The number of ether oxygens (including phenoxy) is 1. The zero-order valence-electron chi connectivity index (χ0n) is 36.0. The number of allylic oxidation sites excluding steroid dienone is 2. The van der Waals surface area contributed by atoms with Crippen LogP contribution in [-0.4, -0.2) is 47.5 Å². The van der Waals surface area contributed by atoms with Gasteiger partial charge in [0, 0.05) is 60.2 Å². The number of Topliss-reactive ketones (excluding diaryl/α,β-unsaturated/α-hetero) is 2. The number of phenolic OH excluding ortho intramolecular Hbond substituents is 1. The second kappa shape index (κ2) is 17.3. The fourth-order valence-electron chi connectivity index (χ4n) is 14.5. The number of fused-ring (bicyclic) bond motifs is 7. The lowest BCUT2D eigenvalue weighted by molar-refractivity contribution is -0.172. The summed E-state index contributed by atoms with van der Waals surface area (Å²) in [6, 6.07) is 5.11. The topological polar surface area (TPSA) is 113 Å². The van der Waals surface area contributed by atoms with Crippen molar-refractivity contribution in [3.05, 3.63) is 46.5 Å². The Bertz CT molecular complexity index is 1760. The monoisotopic (exact) mass is 823 g/mol. The minimum absolute atomic E-state index is 0. The van der Waals surface area contributed by atoms with E-state index >= 15 is 0 Å². The van der Waals surface area contributed by atoms with Crippen molar-refractivity contribution < 1.29 is 34.0 Å². The van der Waals surface area contributed by atoms with Crippen molar-refractivity contribution in [3.63, 3.8) is 0 Å². The Balaban J connectivity index is 0.000000878. The first-order valence-electron chi connectivity index (χ1n) is 22.5. The van der Waals surface area contributed by atoms with Gasteiger partial charge in [-0.05, 0) is 159 Å². The molecule has 1 aliphatic heterocycles.